The Morgan fingerprint density at radius 1 is 1.14 bits per heavy atom. The van der Waals surface area contributed by atoms with Gasteiger partial charge in [-0.15, -0.1) is 0 Å². The minimum Gasteiger partial charge on any atom is -0.495 e. The van der Waals surface area contributed by atoms with Gasteiger partial charge in [-0.05, 0) is 35.9 Å². The summed E-state index contributed by atoms with van der Waals surface area (Å²) in [6.07, 6.45) is 3.74. The molecule has 2 heterocycles. The topological polar surface area (TPSA) is 55.6 Å². The first kappa shape index (κ1) is 19.4. The Bertz CT molecular complexity index is 1150. The molecule has 1 N–H and O–H groups in total. The van der Waals surface area contributed by atoms with E-state index >= 15 is 0 Å². The van der Waals surface area contributed by atoms with Crippen molar-refractivity contribution < 1.29 is 9.53 Å². The Labute approximate surface area is 177 Å². The summed E-state index contributed by atoms with van der Waals surface area (Å²) in [6, 6.07) is 20.7. The minimum atomic E-state index is -0.483. The Kier molecular flexibility index (Phi) is 5.74. The minimum absolute atomic E-state index is 0.157. The van der Waals surface area contributed by atoms with Gasteiger partial charge in [-0.2, -0.15) is 0 Å². The Morgan fingerprint density at radius 3 is 2.69 bits per heavy atom. The number of anilines is 1. The van der Waals surface area contributed by atoms with E-state index in [1.54, 1.807) is 31.5 Å². The largest absolute Gasteiger partial charge is 0.495 e. The lowest BCUT2D eigenvalue weighted by Crippen LogP contribution is -2.19. The highest BCUT2D eigenvalue weighted by Crippen LogP contribution is 2.36. The normalized spacial score (nSPS) is 11.9. The van der Waals surface area contributed by atoms with Gasteiger partial charge in [0.1, 0.15) is 11.0 Å². The third-order valence-corrected chi connectivity index (χ3v) is 5.92. The molecule has 0 saturated carbocycles. The van der Waals surface area contributed by atoms with E-state index in [1.165, 1.54) is 11.8 Å². The van der Waals surface area contributed by atoms with Gasteiger partial charge >= 0.3 is 0 Å². The number of imidazole rings is 1. The number of methoxy groups -OCH3 is 1. The van der Waals surface area contributed by atoms with Crippen LogP contribution in [0.4, 0.5) is 5.69 Å². The number of pyridine rings is 1. The van der Waals surface area contributed by atoms with Crippen molar-refractivity contribution in [2.45, 2.75) is 10.4 Å². The number of carbonyl (C=O) groups is 1. The SMILES string of the molecule is COc1ccc(NC(=O)C(Sc2ncc3ccccn23)c2ccccc2)cc1Cl. The molecule has 1 amide bonds. The van der Waals surface area contributed by atoms with E-state index < -0.39 is 5.25 Å². The number of hydrogen-bond donors (Lipinski definition) is 1. The smallest absolute Gasteiger partial charge is 0.242 e. The van der Waals surface area contributed by atoms with Crippen LogP contribution in [0.3, 0.4) is 0 Å². The highest BCUT2D eigenvalue weighted by atomic mass is 35.5. The summed E-state index contributed by atoms with van der Waals surface area (Å²) < 4.78 is 7.14. The first-order valence-electron chi connectivity index (χ1n) is 8.94. The van der Waals surface area contributed by atoms with Crippen molar-refractivity contribution in [3.8, 4) is 5.75 Å². The lowest BCUT2D eigenvalue weighted by Gasteiger charge is -2.17. The lowest BCUT2D eigenvalue weighted by molar-refractivity contribution is -0.115. The second kappa shape index (κ2) is 8.59. The molecule has 0 bridgehead atoms. The summed E-state index contributed by atoms with van der Waals surface area (Å²) in [5.74, 6) is 0.401. The molecule has 29 heavy (non-hydrogen) atoms. The van der Waals surface area contributed by atoms with E-state index in [9.17, 15) is 4.79 Å². The average molecular weight is 424 g/mol. The van der Waals surface area contributed by atoms with Gasteiger partial charge in [0, 0.05) is 11.9 Å². The number of hydrogen-bond acceptors (Lipinski definition) is 4. The van der Waals surface area contributed by atoms with Crippen LogP contribution in [0.15, 0.2) is 84.3 Å². The maximum absolute atomic E-state index is 13.2. The number of nitrogens with zero attached hydrogens (tertiary/aromatic N) is 2. The van der Waals surface area contributed by atoms with E-state index in [-0.39, 0.29) is 5.91 Å². The molecule has 0 saturated heterocycles. The number of thioether (sulfide) groups is 1. The van der Waals surface area contributed by atoms with Gasteiger partial charge in [-0.3, -0.25) is 9.20 Å². The molecule has 0 aliphatic heterocycles. The number of aromatic nitrogens is 2. The van der Waals surface area contributed by atoms with Crippen LogP contribution < -0.4 is 10.1 Å². The number of nitrogens with one attached hydrogen (secondary N) is 1. The molecule has 5 nitrogen and oxygen atoms in total. The molecule has 4 aromatic rings. The first-order valence-corrected chi connectivity index (χ1v) is 10.2. The van der Waals surface area contributed by atoms with Crippen molar-refractivity contribution in [2.75, 3.05) is 12.4 Å². The summed E-state index contributed by atoms with van der Waals surface area (Å²) in [4.78, 5) is 17.7. The van der Waals surface area contributed by atoms with E-state index in [1.807, 2.05) is 59.1 Å². The molecular weight excluding hydrogens is 406 g/mol. The van der Waals surface area contributed by atoms with Crippen molar-refractivity contribution in [3.63, 3.8) is 0 Å². The number of ether oxygens (including phenoxy) is 1. The summed E-state index contributed by atoms with van der Waals surface area (Å²) in [5, 5.41) is 3.66. The Hall–Kier alpha value is -2.96. The van der Waals surface area contributed by atoms with Crippen molar-refractivity contribution in [1.82, 2.24) is 9.38 Å². The average Bonchev–Trinajstić information content (AvgIpc) is 3.15. The summed E-state index contributed by atoms with van der Waals surface area (Å²) in [6.45, 7) is 0. The van der Waals surface area contributed by atoms with Gasteiger partial charge in [-0.1, -0.05) is 59.8 Å². The fourth-order valence-electron chi connectivity index (χ4n) is 2.96. The van der Waals surface area contributed by atoms with E-state index in [4.69, 9.17) is 16.3 Å². The zero-order valence-corrected chi connectivity index (χ0v) is 17.2. The quantitative estimate of drug-likeness (QED) is 0.418. The molecule has 1 unspecified atom stereocenters. The van der Waals surface area contributed by atoms with Crippen LogP contribution >= 0.6 is 23.4 Å². The van der Waals surface area contributed by atoms with Gasteiger partial charge in [0.2, 0.25) is 5.91 Å². The molecule has 2 aromatic carbocycles. The van der Waals surface area contributed by atoms with Gasteiger partial charge < -0.3 is 10.1 Å². The fourth-order valence-corrected chi connectivity index (χ4v) is 4.29. The highest BCUT2D eigenvalue weighted by Gasteiger charge is 2.24. The zero-order valence-electron chi connectivity index (χ0n) is 15.6. The van der Waals surface area contributed by atoms with Crippen LogP contribution in [0.5, 0.6) is 5.75 Å². The summed E-state index contributed by atoms with van der Waals surface area (Å²) >= 11 is 7.59. The van der Waals surface area contributed by atoms with Gasteiger partial charge in [0.25, 0.3) is 0 Å². The van der Waals surface area contributed by atoms with Crippen LogP contribution in [0.1, 0.15) is 10.8 Å². The molecule has 1 atom stereocenters. The maximum Gasteiger partial charge on any atom is 0.242 e. The molecule has 2 aromatic heterocycles. The molecule has 0 radical (unpaired) electrons. The molecule has 0 fully saturated rings. The number of fused-ring (bicyclic) bond motifs is 1. The molecule has 0 aliphatic rings. The van der Waals surface area contributed by atoms with Crippen LogP contribution in [0, 0.1) is 0 Å². The first-order chi connectivity index (χ1) is 14.2. The second-order valence-corrected chi connectivity index (χ2v) is 7.76. The monoisotopic (exact) mass is 423 g/mol. The third kappa shape index (κ3) is 4.23. The molecule has 146 valence electrons. The van der Waals surface area contributed by atoms with E-state index in [2.05, 4.69) is 10.3 Å². The van der Waals surface area contributed by atoms with E-state index in [0.29, 0.717) is 16.5 Å². The van der Waals surface area contributed by atoms with Crippen LogP contribution in [0.2, 0.25) is 5.02 Å². The van der Waals surface area contributed by atoms with Gasteiger partial charge in [-0.25, -0.2) is 4.98 Å². The highest BCUT2D eigenvalue weighted by molar-refractivity contribution is 8.00. The van der Waals surface area contributed by atoms with Crippen LogP contribution in [-0.2, 0) is 4.79 Å². The van der Waals surface area contributed by atoms with Crippen molar-refractivity contribution in [2.24, 2.45) is 0 Å². The van der Waals surface area contributed by atoms with Crippen LogP contribution in [0.25, 0.3) is 5.52 Å². The second-order valence-electron chi connectivity index (χ2n) is 6.28. The predicted octanol–water partition coefficient (Wildman–Crippen LogP) is 5.47. The zero-order chi connectivity index (χ0) is 20.2. The fraction of sp³-hybridized carbons (Fsp3) is 0.0909. The standard InChI is InChI=1S/C22H18ClN3O2S/c1-28-19-11-10-16(13-18(19)23)25-21(27)20(15-7-3-2-4-8-15)29-22-24-14-17-9-5-6-12-26(17)22/h2-14,20H,1H3,(H,25,27). The number of amides is 1. The number of rotatable bonds is 6. The summed E-state index contributed by atoms with van der Waals surface area (Å²) in [7, 11) is 1.55. The third-order valence-electron chi connectivity index (χ3n) is 4.39. The number of benzene rings is 2. The Balaban J connectivity index is 1.64. The van der Waals surface area contributed by atoms with Crippen molar-refractivity contribution >= 4 is 40.5 Å². The molecule has 7 heteroatoms. The maximum atomic E-state index is 13.2. The number of carbonyl (C=O) groups excluding carboxylic acids is 1. The van der Waals surface area contributed by atoms with Crippen LogP contribution in [-0.4, -0.2) is 22.4 Å². The molecule has 4 rings (SSSR count). The lowest BCUT2D eigenvalue weighted by atomic mass is 10.1. The Morgan fingerprint density at radius 2 is 1.93 bits per heavy atom. The molecule has 0 aliphatic carbocycles. The van der Waals surface area contributed by atoms with Gasteiger partial charge in [0.15, 0.2) is 5.16 Å². The number of halogens is 1. The molecular formula is C22H18ClN3O2S. The summed E-state index contributed by atoms with van der Waals surface area (Å²) in [5.41, 5.74) is 2.47. The van der Waals surface area contributed by atoms with Crippen molar-refractivity contribution in [3.05, 3.63) is 89.7 Å². The van der Waals surface area contributed by atoms with Crippen molar-refractivity contribution in [1.29, 1.82) is 0 Å². The van der Waals surface area contributed by atoms with E-state index in [0.717, 1.165) is 16.2 Å². The predicted molar refractivity (Wildman–Crippen MR) is 117 cm³/mol. The molecule has 0 spiro atoms. The van der Waals surface area contributed by atoms with Gasteiger partial charge in [0.05, 0.1) is 23.8 Å².